The number of hydrogen-bond donors (Lipinski definition) is 1. The van der Waals surface area contributed by atoms with Crippen LogP contribution in [-0.2, 0) is 0 Å². The zero-order valence-electron chi connectivity index (χ0n) is 12.3. The molecule has 1 aromatic carbocycles. The van der Waals surface area contributed by atoms with Gasteiger partial charge in [0, 0.05) is 11.6 Å². The number of hydrogen-bond acceptors (Lipinski definition) is 1. The molecule has 4 heteroatoms. The van der Waals surface area contributed by atoms with Crippen LogP contribution in [0.3, 0.4) is 0 Å². The molecule has 116 valence electrons. The minimum Gasteiger partial charge on any atom is -0.314 e. The van der Waals surface area contributed by atoms with Crippen LogP contribution in [0, 0.1) is 23.5 Å². The Hall–Kier alpha value is -0.480. The van der Waals surface area contributed by atoms with Crippen LogP contribution in [0.15, 0.2) is 16.6 Å². The van der Waals surface area contributed by atoms with Crippen molar-refractivity contribution in [3.05, 3.63) is 33.8 Å². The summed E-state index contributed by atoms with van der Waals surface area (Å²) in [6, 6.07) is 3.48. The topological polar surface area (TPSA) is 12.0 Å². The van der Waals surface area contributed by atoms with Gasteiger partial charge in [0.15, 0.2) is 0 Å². The Bertz CT molecular complexity index is 516. The average Bonchev–Trinajstić information content (AvgIpc) is 3.27. The predicted octanol–water partition coefficient (Wildman–Crippen LogP) is 5.00. The van der Waals surface area contributed by atoms with Crippen molar-refractivity contribution in [2.75, 3.05) is 6.54 Å². The van der Waals surface area contributed by atoms with Gasteiger partial charge in [0.2, 0.25) is 0 Å². The number of nitrogens with one attached hydrogen (secondary N) is 1. The van der Waals surface area contributed by atoms with E-state index in [4.69, 9.17) is 0 Å². The molecule has 3 unspecified atom stereocenters. The van der Waals surface area contributed by atoms with Gasteiger partial charge in [-0.2, -0.15) is 0 Å². The second-order valence-corrected chi connectivity index (χ2v) is 7.58. The maximum absolute atomic E-state index is 14.5. The Morgan fingerprint density at radius 3 is 2.67 bits per heavy atom. The van der Waals surface area contributed by atoms with E-state index < -0.39 is 11.6 Å². The maximum Gasteiger partial charge on any atom is 0.143 e. The van der Waals surface area contributed by atoms with E-state index in [2.05, 4.69) is 28.2 Å². The van der Waals surface area contributed by atoms with Gasteiger partial charge in [0.25, 0.3) is 0 Å². The summed E-state index contributed by atoms with van der Waals surface area (Å²) in [5, 5.41) is 3.54. The lowest BCUT2D eigenvalue weighted by molar-refractivity contribution is 0.233. The van der Waals surface area contributed by atoms with E-state index >= 15 is 0 Å². The molecule has 1 aromatic rings. The summed E-state index contributed by atoms with van der Waals surface area (Å²) in [5.41, 5.74) is 0.290. The lowest BCUT2D eigenvalue weighted by Gasteiger charge is -2.36. The fraction of sp³-hybridized carbons (Fsp3) is 0.647. The summed E-state index contributed by atoms with van der Waals surface area (Å²) >= 11 is 3.20. The van der Waals surface area contributed by atoms with Crippen molar-refractivity contribution in [2.45, 2.75) is 51.0 Å². The average molecular weight is 358 g/mol. The van der Waals surface area contributed by atoms with Crippen molar-refractivity contribution in [3.63, 3.8) is 0 Å². The van der Waals surface area contributed by atoms with Gasteiger partial charge >= 0.3 is 0 Å². The van der Waals surface area contributed by atoms with Gasteiger partial charge < -0.3 is 5.32 Å². The fourth-order valence-corrected chi connectivity index (χ4v) is 3.88. The van der Waals surface area contributed by atoms with Crippen LogP contribution in [0.2, 0.25) is 0 Å². The van der Waals surface area contributed by atoms with Crippen molar-refractivity contribution >= 4 is 15.9 Å². The first kappa shape index (κ1) is 15.4. The van der Waals surface area contributed by atoms with Crippen molar-refractivity contribution in [3.8, 4) is 0 Å². The largest absolute Gasteiger partial charge is 0.314 e. The third-order valence-corrected chi connectivity index (χ3v) is 5.56. The molecule has 3 rings (SSSR count). The van der Waals surface area contributed by atoms with E-state index in [1.54, 1.807) is 0 Å². The Morgan fingerprint density at radius 2 is 1.95 bits per heavy atom. The molecule has 0 heterocycles. The van der Waals surface area contributed by atoms with Gasteiger partial charge in [-0.1, -0.05) is 13.3 Å². The molecule has 0 aromatic heterocycles. The molecule has 0 amide bonds. The Morgan fingerprint density at radius 1 is 1.19 bits per heavy atom. The summed E-state index contributed by atoms with van der Waals surface area (Å²) in [4.78, 5) is 0. The minimum absolute atomic E-state index is 0.0162. The lowest BCUT2D eigenvalue weighted by atomic mass is 9.71. The van der Waals surface area contributed by atoms with Crippen molar-refractivity contribution < 1.29 is 8.78 Å². The van der Waals surface area contributed by atoms with Crippen LogP contribution < -0.4 is 5.32 Å². The highest BCUT2D eigenvalue weighted by Gasteiger charge is 2.34. The minimum atomic E-state index is -0.412. The lowest BCUT2D eigenvalue weighted by Crippen LogP contribution is -2.33. The van der Waals surface area contributed by atoms with Crippen LogP contribution in [0.5, 0.6) is 0 Å². The van der Waals surface area contributed by atoms with Crippen LogP contribution in [0.4, 0.5) is 8.78 Å². The zero-order chi connectivity index (χ0) is 15.0. The monoisotopic (exact) mass is 357 g/mol. The standard InChI is InChI=1S/C17H22BrF2N/c1-10-2-3-11(9-21-12-4-5-12)13(8-10)16-15(19)7-6-14(18)17(16)20/h6-7,10-13,21H,2-5,8-9H2,1H3. The predicted molar refractivity (Wildman–Crippen MR) is 84.3 cm³/mol. The number of rotatable bonds is 4. The Labute approximate surface area is 133 Å². The first-order chi connectivity index (χ1) is 10.1. The third-order valence-electron chi connectivity index (χ3n) is 4.95. The number of benzene rings is 1. The van der Waals surface area contributed by atoms with Crippen LogP contribution in [0.1, 0.15) is 50.5 Å². The van der Waals surface area contributed by atoms with Crippen molar-refractivity contribution in [2.24, 2.45) is 11.8 Å². The summed E-state index contributed by atoms with van der Waals surface area (Å²) in [6.45, 7) is 3.07. The van der Waals surface area contributed by atoms with Gasteiger partial charge in [-0.15, -0.1) is 0 Å². The molecule has 0 spiro atoms. The molecular weight excluding hydrogens is 336 g/mol. The highest BCUT2D eigenvalue weighted by Crippen LogP contribution is 2.43. The summed E-state index contributed by atoms with van der Waals surface area (Å²) in [5.74, 6) is 0.0410. The summed E-state index contributed by atoms with van der Waals surface area (Å²) < 4.78 is 29.1. The first-order valence-electron chi connectivity index (χ1n) is 7.93. The van der Waals surface area contributed by atoms with E-state index in [0.717, 1.165) is 25.8 Å². The molecular formula is C17H22BrF2N. The molecule has 3 atom stereocenters. The second-order valence-electron chi connectivity index (χ2n) is 6.72. The smallest absolute Gasteiger partial charge is 0.143 e. The summed E-state index contributed by atoms with van der Waals surface area (Å²) in [6.07, 6.45) is 5.57. The molecule has 2 saturated carbocycles. The summed E-state index contributed by atoms with van der Waals surface area (Å²) in [7, 11) is 0. The molecule has 2 aliphatic rings. The van der Waals surface area contributed by atoms with Crippen LogP contribution >= 0.6 is 15.9 Å². The van der Waals surface area contributed by atoms with Gasteiger partial charge in [0.1, 0.15) is 11.6 Å². The molecule has 0 aliphatic heterocycles. The molecule has 0 saturated heterocycles. The normalized spacial score (nSPS) is 29.6. The first-order valence-corrected chi connectivity index (χ1v) is 8.72. The van der Waals surface area contributed by atoms with Crippen molar-refractivity contribution in [1.82, 2.24) is 5.32 Å². The molecule has 2 aliphatic carbocycles. The number of halogens is 3. The van der Waals surface area contributed by atoms with E-state index in [-0.39, 0.29) is 5.92 Å². The van der Waals surface area contributed by atoms with E-state index in [0.29, 0.717) is 27.9 Å². The molecule has 1 N–H and O–H groups in total. The molecule has 0 bridgehead atoms. The molecule has 21 heavy (non-hydrogen) atoms. The Balaban J connectivity index is 1.85. The van der Waals surface area contributed by atoms with Crippen LogP contribution in [-0.4, -0.2) is 12.6 Å². The molecule has 2 fully saturated rings. The fourth-order valence-electron chi connectivity index (χ4n) is 3.53. The highest BCUT2D eigenvalue weighted by atomic mass is 79.9. The zero-order valence-corrected chi connectivity index (χ0v) is 13.9. The van der Waals surface area contributed by atoms with E-state index in [1.807, 2.05) is 0 Å². The van der Waals surface area contributed by atoms with E-state index in [9.17, 15) is 8.78 Å². The molecule has 0 radical (unpaired) electrons. The SMILES string of the molecule is CC1CCC(CNC2CC2)C(c2c(F)ccc(Br)c2F)C1. The van der Waals surface area contributed by atoms with Gasteiger partial charge in [-0.25, -0.2) is 8.78 Å². The quantitative estimate of drug-likeness (QED) is 0.747. The molecule has 1 nitrogen and oxygen atoms in total. The van der Waals surface area contributed by atoms with E-state index in [1.165, 1.54) is 25.0 Å². The van der Waals surface area contributed by atoms with Crippen molar-refractivity contribution in [1.29, 1.82) is 0 Å². The third kappa shape index (κ3) is 3.48. The van der Waals surface area contributed by atoms with Gasteiger partial charge in [-0.05, 0) is 78.0 Å². The van der Waals surface area contributed by atoms with Gasteiger partial charge in [0.05, 0.1) is 4.47 Å². The maximum atomic E-state index is 14.5. The van der Waals surface area contributed by atoms with Crippen LogP contribution in [0.25, 0.3) is 0 Å². The second kappa shape index (κ2) is 6.33. The van der Waals surface area contributed by atoms with Gasteiger partial charge in [-0.3, -0.25) is 0 Å². The highest BCUT2D eigenvalue weighted by molar-refractivity contribution is 9.10. The Kier molecular flexibility index (Phi) is 4.65.